The Morgan fingerprint density at radius 2 is 1.75 bits per heavy atom. The van der Waals surface area contributed by atoms with Crippen molar-refractivity contribution < 1.29 is 0 Å². The first kappa shape index (κ1) is 14.5. The molecule has 24 heavy (non-hydrogen) atoms. The molecule has 124 valence electrons. The fourth-order valence-electron chi connectivity index (χ4n) is 5.47. The maximum absolute atomic E-state index is 3.89. The summed E-state index contributed by atoms with van der Waals surface area (Å²) in [6.07, 6.45) is 5.50. The van der Waals surface area contributed by atoms with E-state index in [2.05, 4.69) is 64.8 Å². The van der Waals surface area contributed by atoms with Crippen LogP contribution in [0, 0.1) is 5.92 Å². The lowest BCUT2D eigenvalue weighted by Gasteiger charge is -2.45. The third-order valence-electron chi connectivity index (χ3n) is 6.48. The summed E-state index contributed by atoms with van der Waals surface area (Å²) in [5, 5.41) is 3.89. The van der Waals surface area contributed by atoms with Crippen molar-refractivity contribution in [1.82, 2.24) is 5.32 Å². The second kappa shape index (κ2) is 5.93. The second-order valence-corrected chi connectivity index (χ2v) is 7.73. The lowest BCUT2D eigenvalue weighted by molar-refractivity contribution is 0.172. The van der Waals surface area contributed by atoms with Gasteiger partial charge in [0, 0.05) is 30.2 Å². The molecule has 1 saturated carbocycles. The van der Waals surface area contributed by atoms with Gasteiger partial charge in [0.2, 0.25) is 0 Å². The molecule has 2 unspecified atom stereocenters. The molecule has 0 radical (unpaired) electrons. The molecule has 1 saturated heterocycles. The highest BCUT2D eigenvalue weighted by Crippen LogP contribution is 2.51. The average molecular weight is 318 g/mol. The summed E-state index contributed by atoms with van der Waals surface area (Å²) in [7, 11) is 0. The second-order valence-electron chi connectivity index (χ2n) is 7.73. The highest BCUT2D eigenvalue weighted by Gasteiger charge is 2.48. The predicted octanol–water partition coefficient (Wildman–Crippen LogP) is 4.32. The van der Waals surface area contributed by atoms with Gasteiger partial charge in [-0.05, 0) is 55.3 Å². The number of nitrogens with zero attached hydrogens (tertiary/aromatic N) is 1. The van der Waals surface area contributed by atoms with E-state index in [1.807, 2.05) is 0 Å². The van der Waals surface area contributed by atoms with Gasteiger partial charge in [0.15, 0.2) is 0 Å². The van der Waals surface area contributed by atoms with Crippen LogP contribution in [0.5, 0.6) is 0 Å². The molecule has 2 aromatic rings. The van der Waals surface area contributed by atoms with E-state index in [9.17, 15) is 0 Å². The van der Waals surface area contributed by atoms with Gasteiger partial charge < -0.3 is 10.2 Å². The minimum Gasteiger partial charge on any atom is -0.363 e. The number of fused-ring (bicyclic) bond motifs is 5. The number of hydrogen-bond donors (Lipinski definition) is 1. The Balaban J connectivity index is 1.52. The van der Waals surface area contributed by atoms with E-state index in [0.29, 0.717) is 18.0 Å². The summed E-state index contributed by atoms with van der Waals surface area (Å²) in [5.74, 6) is 1.55. The van der Waals surface area contributed by atoms with Crippen molar-refractivity contribution >= 4 is 5.69 Å². The molecule has 5 rings (SSSR count). The Morgan fingerprint density at radius 1 is 0.917 bits per heavy atom. The largest absolute Gasteiger partial charge is 0.363 e. The molecule has 2 nitrogen and oxygen atoms in total. The van der Waals surface area contributed by atoms with E-state index >= 15 is 0 Å². The monoisotopic (exact) mass is 318 g/mol. The number of piperidine rings is 1. The molecule has 2 aromatic carbocycles. The van der Waals surface area contributed by atoms with Crippen molar-refractivity contribution in [3.05, 3.63) is 65.7 Å². The standard InChI is InChI=1S/C22H26N2/c1-2-7-16(8-3-1)15-24-19-11-5-4-10-18(19)21-20(24)13-12-17-9-6-14-23-22(17)21/h1-5,7-8,10-11,17,20-23H,6,9,12-15H2/t17-,20?,21?,22-/m1/s1. The Kier molecular flexibility index (Phi) is 3.59. The minimum atomic E-state index is 0.662. The van der Waals surface area contributed by atoms with Gasteiger partial charge in [-0.3, -0.25) is 0 Å². The summed E-state index contributed by atoms with van der Waals surface area (Å²) in [4.78, 5) is 2.70. The van der Waals surface area contributed by atoms with E-state index in [4.69, 9.17) is 0 Å². The zero-order valence-electron chi connectivity index (χ0n) is 14.2. The predicted molar refractivity (Wildman–Crippen MR) is 99.3 cm³/mol. The van der Waals surface area contributed by atoms with E-state index in [1.165, 1.54) is 43.5 Å². The number of hydrogen-bond acceptors (Lipinski definition) is 2. The van der Waals surface area contributed by atoms with Gasteiger partial charge in [-0.25, -0.2) is 0 Å². The van der Waals surface area contributed by atoms with Crippen molar-refractivity contribution in [2.24, 2.45) is 5.92 Å². The first-order chi connectivity index (χ1) is 11.9. The fraction of sp³-hybridized carbons (Fsp3) is 0.455. The van der Waals surface area contributed by atoms with Crippen LogP contribution in [0.2, 0.25) is 0 Å². The van der Waals surface area contributed by atoms with E-state index in [1.54, 1.807) is 5.56 Å². The Hall–Kier alpha value is -1.80. The zero-order valence-corrected chi connectivity index (χ0v) is 14.2. The smallest absolute Gasteiger partial charge is 0.0432 e. The summed E-state index contributed by atoms with van der Waals surface area (Å²) < 4.78 is 0. The SMILES string of the molecule is c1ccc(CN2c3ccccc3C3C2CC[C@H]2CCCN[C@@H]32)cc1. The van der Waals surface area contributed by atoms with Gasteiger partial charge >= 0.3 is 0 Å². The molecule has 0 amide bonds. The molecule has 1 aliphatic carbocycles. The number of anilines is 1. The summed E-state index contributed by atoms with van der Waals surface area (Å²) >= 11 is 0. The number of para-hydroxylation sites is 1. The van der Waals surface area contributed by atoms with Crippen LogP contribution in [0.25, 0.3) is 0 Å². The zero-order chi connectivity index (χ0) is 15.9. The van der Waals surface area contributed by atoms with Gasteiger partial charge in [0.25, 0.3) is 0 Å². The van der Waals surface area contributed by atoms with Crippen molar-refractivity contribution in [1.29, 1.82) is 0 Å². The fourth-order valence-corrected chi connectivity index (χ4v) is 5.47. The molecular weight excluding hydrogens is 292 g/mol. The van der Waals surface area contributed by atoms with Crippen LogP contribution < -0.4 is 10.2 Å². The van der Waals surface area contributed by atoms with Crippen LogP contribution in [-0.4, -0.2) is 18.6 Å². The molecule has 2 fully saturated rings. The van der Waals surface area contributed by atoms with Gasteiger partial charge in [-0.15, -0.1) is 0 Å². The molecule has 2 aliphatic heterocycles. The lowest BCUT2D eigenvalue weighted by atomic mass is 9.69. The van der Waals surface area contributed by atoms with Crippen LogP contribution in [0.1, 0.15) is 42.7 Å². The highest BCUT2D eigenvalue weighted by molar-refractivity contribution is 5.63. The normalized spacial score (nSPS) is 31.2. The van der Waals surface area contributed by atoms with Crippen molar-refractivity contribution in [3.8, 4) is 0 Å². The molecule has 0 bridgehead atoms. The number of rotatable bonds is 2. The van der Waals surface area contributed by atoms with Gasteiger partial charge in [-0.2, -0.15) is 0 Å². The minimum absolute atomic E-state index is 0.662. The highest BCUT2D eigenvalue weighted by atomic mass is 15.2. The molecule has 3 aliphatic rings. The van der Waals surface area contributed by atoms with Crippen LogP contribution in [0.15, 0.2) is 54.6 Å². The third kappa shape index (κ3) is 2.28. The van der Waals surface area contributed by atoms with Gasteiger partial charge in [0.1, 0.15) is 0 Å². The lowest BCUT2D eigenvalue weighted by Crippen LogP contribution is -2.53. The molecule has 0 aromatic heterocycles. The Labute approximate surface area is 144 Å². The van der Waals surface area contributed by atoms with Gasteiger partial charge in [-0.1, -0.05) is 48.5 Å². The summed E-state index contributed by atoms with van der Waals surface area (Å²) in [5.41, 5.74) is 4.48. The van der Waals surface area contributed by atoms with Crippen LogP contribution in [-0.2, 0) is 6.54 Å². The molecule has 1 N–H and O–H groups in total. The maximum atomic E-state index is 3.89. The molecule has 2 heterocycles. The number of benzene rings is 2. The van der Waals surface area contributed by atoms with Crippen LogP contribution in [0.3, 0.4) is 0 Å². The average Bonchev–Trinajstić information content (AvgIpc) is 2.97. The van der Waals surface area contributed by atoms with Crippen LogP contribution >= 0.6 is 0 Å². The van der Waals surface area contributed by atoms with Crippen molar-refractivity contribution in [3.63, 3.8) is 0 Å². The quantitative estimate of drug-likeness (QED) is 0.887. The van der Waals surface area contributed by atoms with Crippen molar-refractivity contribution in [2.45, 2.75) is 50.2 Å². The van der Waals surface area contributed by atoms with Crippen molar-refractivity contribution in [2.75, 3.05) is 11.4 Å². The Bertz CT molecular complexity index is 711. The first-order valence-corrected chi connectivity index (χ1v) is 9.55. The van der Waals surface area contributed by atoms with E-state index in [0.717, 1.165) is 12.5 Å². The Morgan fingerprint density at radius 3 is 2.67 bits per heavy atom. The summed E-state index contributed by atoms with van der Waals surface area (Å²) in [6, 6.07) is 21.5. The molecule has 2 heteroatoms. The topological polar surface area (TPSA) is 15.3 Å². The van der Waals surface area contributed by atoms with Crippen LogP contribution in [0.4, 0.5) is 5.69 Å². The molecular formula is C22H26N2. The molecule has 4 atom stereocenters. The van der Waals surface area contributed by atoms with Gasteiger partial charge in [0.05, 0.1) is 0 Å². The number of nitrogens with one attached hydrogen (secondary N) is 1. The third-order valence-corrected chi connectivity index (χ3v) is 6.48. The maximum Gasteiger partial charge on any atom is 0.0432 e. The molecule has 0 spiro atoms. The van der Waals surface area contributed by atoms with E-state index < -0.39 is 0 Å². The first-order valence-electron chi connectivity index (χ1n) is 9.55. The van der Waals surface area contributed by atoms with E-state index in [-0.39, 0.29) is 0 Å². The summed E-state index contributed by atoms with van der Waals surface area (Å²) in [6.45, 7) is 2.24.